The Hall–Kier alpha value is -2.68. The van der Waals surface area contributed by atoms with Crippen molar-refractivity contribution in [1.29, 1.82) is 0 Å². The molecule has 0 N–H and O–H groups in total. The molecule has 29 heavy (non-hydrogen) atoms. The summed E-state index contributed by atoms with van der Waals surface area (Å²) in [5.74, 6) is -0.0529. The van der Waals surface area contributed by atoms with E-state index in [0.29, 0.717) is 24.1 Å². The number of nitrogens with zero attached hydrogens (tertiary/aromatic N) is 3. The maximum absolute atomic E-state index is 13.0. The van der Waals surface area contributed by atoms with Gasteiger partial charge in [0.15, 0.2) is 9.84 Å². The number of hydrogen-bond acceptors (Lipinski definition) is 6. The molecule has 1 aromatic carbocycles. The van der Waals surface area contributed by atoms with Crippen molar-refractivity contribution in [2.24, 2.45) is 5.92 Å². The number of fused-ring (bicyclic) bond motifs is 3. The van der Waals surface area contributed by atoms with Crippen molar-refractivity contribution < 1.29 is 17.6 Å². The molecule has 1 aliphatic heterocycles. The lowest BCUT2D eigenvalue weighted by atomic mass is 10.1. The summed E-state index contributed by atoms with van der Waals surface area (Å²) in [6.07, 6.45) is 1.78. The Kier molecular flexibility index (Phi) is 4.94. The molecule has 0 saturated carbocycles. The quantitative estimate of drug-likeness (QED) is 0.627. The number of sulfone groups is 1. The highest BCUT2D eigenvalue weighted by molar-refractivity contribution is 7.91. The Morgan fingerprint density at radius 2 is 2.10 bits per heavy atom. The molecule has 1 atom stereocenters. The van der Waals surface area contributed by atoms with Crippen LogP contribution in [0.2, 0.25) is 0 Å². The summed E-state index contributed by atoms with van der Waals surface area (Å²) < 4.78 is 30.6. The molecule has 1 aliphatic rings. The number of hydrogen-bond donors (Lipinski definition) is 0. The van der Waals surface area contributed by atoms with Crippen LogP contribution in [-0.4, -0.2) is 52.9 Å². The molecule has 2 aromatic heterocycles. The molecule has 3 aromatic rings. The van der Waals surface area contributed by atoms with E-state index in [2.05, 4.69) is 4.98 Å². The molecule has 154 valence electrons. The molecule has 9 heteroatoms. The van der Waals surface area contributed by atoms with Crippen LogP contribution in [-0.2, 0) is 21.2 Å². The molecule has 0 unspecified atom stereocenters. The standard InChI is InChI=1S/C20H23N3O5S/c1-13(2)9-23(14-7-8-29(26,27)11-14)17(24)10-22-12-21-18-15-5-3-4-6-16(15)28-19(18)20(22)25/h3-6,12-14H,7-11H2,1-2H3/t14-/m0/s1. The summed E-state index contributed by atoms with van der Waals surface area (Å²) in [6, 6.07) is 6.89. The molecular formula is C20H23N3O5S. The third kappa shape index (κ3) is 3.78. The lowest BCUT2D eigenvalue weighted by Crippen LogP contribution is -2.45. The molecular weight excluding hydrogens is 394 g/mol. The number of benzene rings is 1. The maximum Gasteiger partial charge on any atom is 0.297 e. The van der Waals surface area contributed by atoms with Gasteiger partial charge >= 0.3 is 0 Å². The minimum atomic E-state index is -3.12. The third-order valence-corrected chi connectivity index (χ3v) is 6.94. The number of para-hydroxylation sites is 1. The molecule has 3 heterocycles. The zero-order chi connectivity index (χ0) is 20.8. The molecule has 8 nitrogen and oxygen atoms in total. The first-order valence-corrected chi connectivity index (χ1v) is 11.4. The Labute approximate surface area is 168 Å². The van der Waals surface area contributed by atoms with Crippen LogP contribution in [0.5, 0.6) is 0 Å². The average molecular weight is 417 g/mol. The minimum absolute atomic E-state index is 0.0266. The van der Waals surface area contributed by atoms with Crippen LogP contribution in [0.15, 0.2) is 39.8 Å². The minimum Gasteiger partial charge on any atom is -0.448 e. The molecule has 0 bridgehead atoms. The largest absolute Gasteiger partial charge is 0.448 e. The van der Waals surface area contributed by atoms with Crippen molar-refractivity contribution in [3.8, 4) is 0 Å². The van der Waals surface area contributed by atoms with E-state index in [1.165, 1.54) is 10.9 Å². The van der Waals surface area contributed by atoms with Crippen LogP contribution >= 0.6 is 0 Å². The first kappa shape index (κ1) is 19.6. The van der Waals surface area contributed by atoms with E-state index in [1.54, 1.807) is 11.0 Å². The van der Waals surface area contributed by atoms with Gasteiger partial charge < -0.3 is 9.32 Å². The van der Waals surface area contributed by atoms with Gasteiger partial charge in [0.05, 0.1) is 17.8 Å². The van der Waals surface area contributed by atoms with Gasteiger partial charge in [-0.05, 0) is 24.5 Å². The summed E-state index contributed by atoms with van der Waals surface area (Å²) in [7, 11) is -3.12. The van der Waals surface area contributed by atoms with Gasteiger partial charge in [0.2, 0.25) is 11.5 Å². The highest BCUT2D eigenvalue weighted by atomic mass is 32.2. The first-order chi connectivity index (χ1) is 13.7. The fourth-order valence-corrected chi connectivity index (χ4v) is 5.56. The first-order valence-electron chi connectivity index (χ1n) is 9.62. The van der Waals surface area contributed by atoms with Gasteiger partial charge in [-0.1, -0.05) is 26.0 Å². The normalized spacial score (nSPS) is 18.7. The summed E-state index contributed by atoms with van der Waals surface area (Å²) in [6.45, 7) is 4.17. The monoisotopic (exact) mass is 417 g/mol. The molecule has 0 spiro atoms. The summed E-state index contributed by atoms with van der Waals surface area (Å²) >= 11 is 0. The lowest BCUT2D eigenvalue weighted by Gasteiger charge is -2.30. The van der Waals surface area contributed by atoms with E-state index in [1.807, 2.05) is 32.0 Å². The highest BCUT2D eigenvalue weighted by Gasteiger charge is 2.35. The van der Waals surface area contributed by atoms with Crippen LogP contribution in [0.25, 0.3) is 22.1 Å². The van der Waals surface area contributed by atoms with Crippen molar-refractivity contribution in [1.82, 2.24) is 14.5 Å². The highest BCUT2D eigenvalue weighted by Crippen LogP contribution is 2.24. The maximum atomic E-state index is 13.0. The second-order valence-electron chi connectivity index (χ2n) is 7.95. The topological polar surface area (TPSA) is 102 Å². The van der Waals surface area contributed by atoms with Crippen LogP contribution in [0.4, 0.5) is 0 Å². The van der Waals surface area contributed by atoms with Gasteiger partial charge in [0, 0.05) is 18.0 Å². The van der Waals surface area contributed by atoms with E-state index in [9.17, 15) is 18.0 Å². The number of amides is 1. The Morgan fingerprint density at radius 1 is 1.34 bits per heavy atom. The zero-order valence-electron chi connectivity index (χ0n) is 16.4. The predicted octanol–water partition coefficient (Wildman–Crippen LogP) is 1.81. The lowest BCUT2D eigenvalue weighted by molar-refractivity contribution is -0.134. The van der Waals surface area contributed by atoms with Crippen molar-refractivity contribution in [3.05, 3.63) is 40.9 Å². The fraction of sp³-hybridized carbons (Fsp3) is 0.450. The second-order valence-corrected chi connectivity index (χ2v) is 10.2. The van der Waals surface area contributed by atoms with E-state index in [0.717, 1.165) is 5.39 Å². The van der Waals surface area contributed by atoms with E-state index in [4.69, 9.17) is 4.42 Å². The van der Waals surface area contributed by atoms with Crippen molar-refractivity contribution in [2.45, 2.75) is 32.9 Å². The molecule has 0 radical (unpaired) electrons. The Morgan fingerprint density at radius 3 is 2.79 bits per heavy atom. The number of carbonyl (C=O) groups is 1. The smallest absolute Gasteiger partial charge is 0.297 e. The SMILES string of the molecule is CC(C)CN(C(=O)Cn1cnc2c(oc3ccccc32)c1=O)[C@H]1CCS(=O)(=O)C1. The Balaban J connectivity index is 1.65. The fourth-order valence-electron chi connectivity index (χ4n) is 3.83. The summed E-state index contributed by atoms with van der Waals surface area (Å²) in [4.78, 5) is 31.8. The predicted molar refractivity (Wildman–Crippen MR) is 109 cm³/mol. The van der Waals surface area contributed by atoms with E-state index >= 15 is 0 Å². The summed E-state index contributed by atoms with van der Waals surface area (Å²) in [5.41, 5.74) is 0.715. The van der Waals surface area contributed by atoms with Gasteiger partial charge in [-0.25, -0.2) is 13.4 Å². The third-order valence-electron chi connectivity index (χ3n) is 5.19. The van der Waals surface area contributed by atoms with Crippen LogP contribution in [0.1, 0.15) is 20.3 Å². The second kappa shape index (κ2) is 7.29. The zero-order valence-corrected chi connectivity index (χ0v) is 17.2. The molecule has 0 aliphatic carbocycles. The van der Waals surface area contributed by atoms with Crippen LogP contribution < -0.4 is 5.56 Å². The number of carbonyl (C=O) groups excluding carboxylic acids is 1. The molecule has 1 saturated heterocycles. The van der Waals surface area contributed by atoms with Gasteiger partial charge in [0.25, 0.3) is 5.56 Å². The van der Waals surface area contributed by atoms with Gasteiger partial charge in [0.1, 0.15) is 17.6 Å². The van der Waals surface area contributed by atoms with Gasteiger partial charge in [-0.3, -0.25) is 14.2 Å². The molecule has 4 rings (SSSR count). The average Bonchev–Trinajstić information content (AvgIpc) is 3.22. The number of rotatable bonds is 5. The van der Waals surface area contributed by atoms with Crippen LogP contribution in [0.3, 0.4) is 0 Å². The number of furan rings is 1. The molecule has 1 fully saturated rings. The van der Waals surface area contributed by atoms with Gasteiger partial charge in [-0.15, -0.1) is 0 Å². The van der Waals surface area contributed by atoms with Gasteiger partial charge in [-0.2, -0.15) is 0 Å². The number of aromatic nitrogens is 2. The van der Waals surface area contributed by atoms with Crippen molar-refractivity contribution >= 4 is 37.8 Å². The molecule has 1 amide bonds. The summed E-state index contributed by atoms with van der Waals surface area (Å²) in [5, 5.41) is 0.746. The van der Waals surface area contributed by atoms with Crippen molar-refractivity contribution in [2.75, 3.05) is 18.1 Å². The Bertz CT molecular complexity index is 1240. The van der Waals surface area contributed by atoms with E-state index < -0.39 is 15.4 Å². The van der Waals surface area contributed by atoms with Crippen LogP contribution in [0, 0.1) is 5.92 Å². The van der Waals surface area contributed by atoms with E-state index in [-0.39, 0.29) is 41.5 Å². The van der Waals surface area contributed by atoms with Crippen molar-refractivity contribution in [3.63, 3.8) is 0 Å².